The summed E-state index contributed by atoms with van der Waals surface area (Å²) in [4.78, 5) is 28.7. The normalized spacial score (nSPS) is 13.9. The lowest BCUT2D eigenvalue weighted by atomic mass is 10.1. The van der Waals surface area contributed by atoms with Crippen LogP contribution in [0.3, 0.4) is 0 Å². The number of nitrogens with zero attached hydrogens (tertiary/aromatic N) is 4. The second-order valence-electron chi connectivity index (χ2n) is 7.12. The van der Waals surface area contributed by atoms with Crippen LogP contribution in [0.1, 0.15) is 17.4 Å². The van der Waals surface area contributed by atoms with Gasteiger partial charge in [-0.15, -0.1) is 0 Å². The van der Waals surface area contributed by atoms with E-state index in [0.717, 1.165) is 5.56 Å². The van der Waals surface area contributed by atoms with Crippen LogP contribution in [0.15, 0.2) is 60.7 Å². The van der Waals surface area contributed by atoms with Gasteiger partial charge < -0.3 is 14.5 Å². The molecule has 4 rings (SSSR count). The van der Waals surface area contributed by atoms with E-state index in [-0.39, 0.29) is 12.0 Å². The van der Waals surface area contributed by atoms with Crippen molar-refractivity contribution in [2.45, 2.75) is 6.92 Å². The van der Waals surface area contributed by atoms with E-state index in [1.54, 1.807) is 33.5 Å². The smallest absolute Gasteiger partial charge is 0.409 e. The minimum Gasteiger partial charge on any atom is -0.450 e. The molecule has 0 saturated carbocycles. The molecule has 2 heterocycles. The van der Waals surface area contributed by atoms with Crippen molar-refractivity contribution in [1.82, 2.24) is 19.6 Å². The van der Waals surface area contributed by atoms with Gasteiger partial charge in [0.15, 0.2) is 0 Å². The molecule has 7 nitrogen and oxygen atoms in total. The molecule has 0 unspecified atom stereocenters. The molecule has 3 aromatic rings. The van der Waals surface area contributed by atoms with Crippen molar-refractivity contribution >= 4 is 23.6 Å². The number of benzene rings is 2. The molecular formula is C23H23ClN4O3. The number of aromatic nitrogens is 2. The predicted molar refractivity (Wildman–Crippen MR) is 119 cm³/mol. The fraction of sp³-hybridized carbons (Fsp3) is 0.261. The van der Waals surface area contributed by atoms with Crippen molar-refractivity contribution in [3.05, 3.63) is 71.4 Å². The van der Waals surface area contributed by atoms with Gasteiger partial charge in [-0.05, 0) is 25.1 Å². The number of carbonyl (C=O) groups excluding carboxylic acids is 2. The van der Waals surface area contributed by atoms with E-state index < -0.39 is 0 Å². The molecule has 1 aromatic heterocycles. The number of halogens is 1. The number of ether oxygens (including phenoxy) is 1. The van der Waals surface area contributed by atoms with Crippen LogP contribution in [0.4, 0.5) is 4.79 Å². The number of piperazine rings is 1. The summed E-state index contributed by atoms with van der Waals surface area (Å²) in [5.74, 6) is -0.155. The van der Waals surface area contributed by atoms with Crippen LogP contribution in [0.2, 0.25) is 5.02 Å². The van der Waals surface area contributed by atoms with Crippen molar-refractivity contribution in [2.75, 3.05) is 32.8 Å². The highest BCUT2D eigenvalue weighted by atomic mass is 35.5. The maximum Gasteiger partial charge on any atom is 0.409 e. The summed E-state index contributed by atoms with van der Waals surface area (Å²) in [6, 6.07) is 18.8. The number of amides is 2. The quantitative estimate of drug-likeness (QED) is 0.614. The Morgan fingerprint density at radius 2 is 1.61 bits per heavy atom. The SMILES string of the molecule is CCOC(=O)N1CCN(C(=O)c2cc(-c3ccccc3)nn2-c2ccccc2Cl)CC1. The van der Waals surface area contributed by atoms with Gasteiger partial charge in [0, 0.05) is 31.7 Å². The van der Waals surface area contributed by atoms with Gasteiger partial charge in [0.05, 0.1) is 23.0 Å². The molecular weight excluding hydrogens is 416 g/mol. The lowest BCUT2D eigenvalue weighted by molar-refractivity contribution is 0.0563. The third kappa shape index (κ3) is 4.41. The molecule has 0 N–H and O–H groups in total. The first-order valence-electron chi connectivity index (χ1n) is 10.2. The highest BCUT2D eigenvalue weighted by Gasteiger charge is 2.28. The predicted octanol–water partition coefficient (Wildman–Crippen LogP) is 4.11. The molecule has 0 aliphatic carbocycles. The van der Waals surface area contributed by atoms with Gasteiger partial charge in [-0.25, -0.2) is 9.48 Å². The van der Waals surface area contributed by atoms with Crippen LogP contribution >= 0.6 is 11.6 Å². The standard InChI is InChI=1S/C23H23ClN4O3/c1-2-31-23(30)27-14-12-26(13-15-27)22(29)21-16-19(17-8-4-3-5-9-17)25-28(21)20-11-7-6-10-18(20)24/h3-11,16H,2,12-15H2,1H3. The average Bonchev–Trinajstić information content (AvgIpc) is 3.25. The molecule has 0 radical (unpaired) electrons. The second-order valence-corrected chi connectivity index (χ2v) is 7.53. The van der Waals surface area contributed by atoms with E-state index in [4.69, 9.17) is 21.4 Å². The van der Waals surface area contributed by atoms with E-state index in [9.17, 15) is 9.59 Å². The summed E-state index contributed by atoms with van der Waals surface area (Å²) >= 11 is 6.42. The van der Waals surface area contributed by atoms with Gasteiger partial charge in [-0.3, -0.25) is 4.79 Å². The molecule has 0 atom stereocenters. The third-order valence-corrected chi connectivity index (χ3v) is 5.49. The Balaban J connectivity index is 1.64. The highest BCUT2D eigenvalue weighted by Crippen LogP contribution is 2.26. The number of hydrogen-bond donors (Lipinski definition) is 0. The zero-order chi connectivity index (χ0) is 21.8. The van der Waals surface area contributed by atoms with Crippen molar-refractivity contribution in [1.29, 1.82) is 0 Å². The van der Waals surface area contributed by atoms with Crippen molar-refractivity contribution in [2.24, 2.45) is 0 Å². The zero-order valence-electron chi connectivity index (χ0n) is 17.2. The van der Waals surface area contributed by atoms with Crippen LogP contribution in [-0.4, -0.2) is 64.4 Å². The Morgan fingerprint density at radius 1 is 0.968 bits per heavy atom. The third-order valence-electron chi connectivity index (χ3n) is 5.17. The summed E-state index contributed by atoms with van der Waals surface area (Å²) in [5.41, 5.74) is 2.67. The van der Waals surface area contributed by atoms with Crippen LogP contribution in [0, 0.1) is 0 Å². The van der Waals surface area contributed by atoms with Crippen LogP contribution in [0.25, 0.3) is 16.9 Å². The Bertz CT molecular complexity index is 1080. The molecule has 0 spiro atoms. The van der Waals surface area contributed by atoms with E-state index in [0.29, 0.717) is 54.9 Å². The summed E-state index contributed by atoms with van der Waals surface area (Å²) in [5, 5.41) is 5.20. The van der Waals surface area contributed by atoms with Gasteiger partial charge >= 0.3 is 6.09 Å². The minimum absolute atomic E-state index is 0.155. The monoisotopic (exact) mass is 438 g/mol. The van der Waals surface area contributed by atoms with Crippen LogP contribution in [0.5, 0.6) is 0 Å². The first-order valence-corrected chi connectivity index (χ1v) is 10.6. The topological polar surface area (TPSA) is 67.7 Å². The summed E-state index contributed by atoms with van der Waals surface area (Å²) in [6.45, 7) is 3.81. The van der Waals surface area contributed by atoms with E-state index >= 15 is 0 Å². The van der Waals surface area contributed by atoms with Gasteiger partial charge in [-0.1, -0.05) is 54.1 Å². The van der Waals surface area contributed by atoms with Crippen molar-refractivity contribution < 1.29 is 14.3 Å². The average molecular weight is 439 g/mol. The fourth-order valence-corrected chi connectivity index (χ4v) is 3.78. The minimum atomic E-state index is -0.345. The number of rotatable bonds is 4. The molecule has 2 amide bonds. The van der Waals surface area contributed by atoms with Gasteiger partial charge in [0.1, 0.15) is 5.69 Å². The molecule has 1 aliphatic rings. The molecule has 0 bridgehead atoms. The highest BCUT2D eigenvalue weighted by molar-refractivity contribution is 6.32. The molecule has 160 valence electrons. The Morgan fingerprint density at radius 3 is 2.29 bits per heavy atom. The van der Waals surface area contributed by atoms with Crippen molar-refractivity contribution in [3.8, 4) is 16.9 Å². The van der Waals surface area contributed by atoms with Crippen molar-refractivity contribution in [3.63, 3.8) is 0 Å². The zero-order valence-corrected chi connectivity index (χ0v) is 18.0. The van der Waals surface area contributed by atoms with Gasteiger partial charge in [0.2, 0.25) is 0 Å². The lowest BCUT2D eigenvalue weighted by Crippen LogP contribution is -2.51. The summed E-state index contributed by atoms with van der Waals surface area (Å²) in [6.07, 6.45) is -0.345. The van der Waals surface area contributed by atoms with E-state index in [2.05, 4.69) is 0 Å². The largest absolute Gasteiger partial charge is 0.450 e. The molecule has 8 heteroatoms. The second kappa shape index (κ2) is 9.22. The lowest BCUT2D eigenvalue weighted by Gasteiger charge is -2.34. The van der Waals surface area contributed by atoms with Gasteiger partial charge in [0.25, 0.3) is 5.91 Å². The summed E-state index contributed by atoms with van der Waals surface area (Å²) in [7, 11) is 0. The maximum absolute atomic E-state index is 13.4. The molecule has 2 aromatic carbocycles. The maximum atomic E-state index is 13.4. The molecule has 1 saturated heterocycles. The Kier molecular flexibility index (Phi) is 6.23. The summed E-state index contributed by atoms with van der Waals surface area (Å²) < 4.78 is 6.66. The molecule has 31 heavy (non-hydrogen) atoms. The number of para-hydroxylation sites is 1. The van der Waals surface area contributed by atoms with E-state index in [1.165, 1.54) is 0 Å². The van der Waals surface area contributed by atoms with E-state index in [1.807, 2.05) is 48.5 Å². The Labute approximate surface area is 185 Å². The number of hydrogen-bond acceptors (Lipinski definition) is 4. The number of carbonyl (C=O) groups is 2. The van der Waals surface area contributed by atoms with Crippen LogP contribution in [-0.2, 0) is 4.74 Å². The first-order chi connectivity index (χ1) is 15.1. The molecule has 1 aliphatic heterocycles. The van der Waals surface area contributed by atoms with Gasteiger partial charge in [-0.2, -0.15) is 5.10 Å². The first kappa shape index (κ1) is 20.9. The molecule has 1 fully saturated rings. The fourth-order valence-electron chi connectivity index (χ4n) is 3.56. The van der Waals surface area contributed by atoms with Crippen LogP contribution < -0.4 is 0 Å². The Hall–Kier alpha value is -3.32.